The largest absolute Gasteiger partial charge is 0.416 e. The molecule has 0 atom stereocenters. The molecule has 0 aliphatic rings. The zero-order valence-corrected chi connectivity index (χ0v) is 16.6. The van der Waals surface area contributed by atoms with Crippen molar-refractivity contribution in [2.24, 2.45) is 0 Å². The third-order valence-corrected chi connectivity index (χ3v) is 6.84. The van der Waals surface area contributed by atoms with Gasteiger partial charge in [0.1, 0.15) is 0 Å². The number of hydrogen-bond donors (Lipinski definition) is 0. The summed E-state index contributed by atoms with van der Waals surface area (Å²) < 4.78 is 62.9. The van der Waals surface area contributed by atoms with Crippen LogP contribution >= 0.6 is 0 Å². The van der Waals surface area contributed by atoms with Gasteiger partial charge in [-0.25, -0.2) is 8.42 Å². The van der Waals surface area contributed by atoms with E-state index in [1.165, 1.54) is 6.07 Å². The van der Waals surface area contributed by atoms with Gasteiger partial charge in [0.25, 0.3) is 0 Å². The first-order valence-electron chi connectivity index (χ1n) is 9.01. The highest BCUT2D eigenvalue weighted by atomic mass is 32.2. The molecule has 0 N–H and O–H groups in total. The van der Waals surface area contributed by atoms with E-state index in [4.69, 9.17) is 0 Å². The molecule has 0 unspecified atom stereocenters. The first-order chi connectivity index (χ1) is 12.5. The second-order valence-electron chi connectivity index (χ2n) is 7.02. The summed E-state index contributed by atoms with van der Waals surface area (Å²) in [6, 6.07) is 11.7. The van der Waals surface area contributed by atoms with Crippen molar-refractivity contribution in [2.45, 2.75) is 57.2 Å². The minimum atomic E-state index is -4.32. The summed E-state index contributed by atoms with van der Waals surface area (Å²) in [4.78, 5) is 0. The maximum Gasteiger partial charge on any atom is 0.416 e. The van der Waals surface area contributed by atoms with Gasteiger partial charge >= 0.3 is 6.18 Å². The zero-order valence-electron chi connectivity index (χ0n) is 15.8. The number of aryl methyl sites for hydroxylation is 3. The number of alkyl halides is 3. The Balaban J connectivity index is 2.05. The van der Waals surface area contributed by atoms with Crippen LogP contribution in [-0.2, 0) is 41.0 Å². The molecule has 2 aromatic carbocycles. The van der Waals surface area contributed by atoms with E-state index in [1.807, 2.05) is 12.1 Å². The van der Waals surface area contributed by atoms with Crippen molar-refractivity contribution >= 4 is 9.84 Å². The molecular formula is C21H25F3O2S. The molecule has 148 valence electrons. The molecule has 0 aliphatic heterocycles. The van der Waals surface area contributed by atoms with Crippen LogP contribution in [0.4, 0.5) is 13.2 Å². The lowest BCUT2D eigenvalue weighted by atomic mass is 9.97. The Hall–Kier alpha value is -1.82. The molecule has 2 rings (SSSR count). The van der Waals surface area contributed by atoms with Gasteiger partial charge in [0, 0.05) is 0 Å². The van der Waals surface area contributed by atoms with Crippen LogP contribution in [0.15, 0.2) is 42.5 Å². The summed E-state index contributed by atoms with van der Waals surface area (Å²) >= 11 is 0. The fourth-order valence-corrected chi connectivity index (χ4v) is 3.85. The van der Waals surface area contributed by atoms with Gasteiger partial charge in [-0.1, -0.05) is 43.3 Å². The second kappa shape index (κ2) is 8.46. The summed E-state index contributed by atoms with van der Waals surface area (Å²) in [6.45, 7) is 5.05. The number of halogens is 3. The fourth-order valence-electron chi connectivity index (χ4n) is 2.86. The summed E-state index contributed by atoms with van der Waals surface area (Å²) in [5.74, 6) is 0.0176. The van der Waals surface area contributed by atoms with Gasteiger partial charge < -0.3 is 0 Å². The number of benzene rings is 2. The monoisotopic (exact) mass is 398 g/mol. The lowest BCUT2D eigenvalue weighted by molar-refractivity contribution is -0.138. The van der Waals surface area contributed by atoms with Gasteiger partial charge in [0.05, 0.1) is 16.6 Å². The van der Waals surface area contributed by atoms with E-state index in [1.54, 1.807) is 39.0 Å². The number of sulfone groups is 1. The molecule has 0 radical (unpaired) electrons. The summed E-state index contributed by atoms with van der Waals surface area (Å²) in [7, 11) is -3.14. The first kappa shape index (κ1) is 21.5. The van der Waals surface area contributed by atoms with Crippen molar-refractivity contribution in [1.82, 2.24) is 0 Å². The molecule has 0 bridgehead atoms. The third kappa shape index (κ3) is 5.83. The second-order valence-corrected chi connectivity index (χ2v) is 9.57. The van der Waals surface area contributed by atoms with Crippen molar-refractivity contribution in [3.8, 4) is 0 Å². The van der Waals surface area contributed by atoms with E-state index in [-0.39, 0.29) is 5.75 Å². The predicted molar refractivity (Wildman–Crippen MR) is 102 cm³/mol. The van der Waals surface area contributed by atoms with Crippen LogP contribution in [0.25, 0.3) is 0 Å². The lowest BCUT2D eigenvalue weighted by Crippen LogP contribution is -2.15. The smallest absolute Gasteiger partial charge is 0.228 e. The molecule has 6 heteroatoms. The average Bonchev–Trinajstić information content (AvgIpc) is 2.59. The highest BCUT2D eigenvalue weighted by Gasteiger charge is 2.32. The fraction of sp³-hybridized carbons (Fsp3) is 0.429. The van der Waals surface area contributed by atoms with Crippen LogP contribution in [0.1, 0.15) is 48.6 Å². The Bertz CT molecular complexity index is 867. The lowest BCUT2D eigenvalue weighted by Gasteiger charge is -2.13. The molecule has 2 nitrogen and oxygen atoms in total. The molecule has 0 aromatic heterocycles. The number of hydrogen-bond acceptors (Lipinski definition) is 2. The van der Waals surface area contributed by atoms with Crippen LogP contribution in [-0.4, -0.2) is 13.7 Å². The van der Waals surface area contributed by atoms with Gasteiger partial charge in [-0.2, -0.15) is 13.2 Å². The topological polar surface area (TPSA) is 34.1 Å². The summed E-state index contributed by atoms with van der Waals surface area (Å²) in [5.41, 5.74) is 2.39. The molecule has 0 saturated heterocycles. The molecule has 0 aliphatic carbocycles. The Morgan fingerprint density at radius 1 is 0.889 bits per heavy atom. The minimum Gasteiger partial charge on any atom is -0.228 e. The quantitative estimate of drug-likeness (QED) is 0.628. The molecule has 0 amide bonds. The molecule has 0 heterocycles. The molecule has 0 fully saturated rings. The summed E-state index contributed by atoms with van der Waals surface area (Å²) in [5, 5.41) is -0.412. The Morgan fingerprint density at radius 3 is 1.93 bits per heavy atom. The van der Waals surface area contributed by atoms with Gasteiger partial charge in [-0.05, 0) is 61.4 Å². The normalized spacial score (nSPS) is 12.6. The molecule has 2 aromatic rings. The van der Waals surface area contributed by atoms with Crippen LogP contribution in [0.5, 0.6) is 0 Å². The highest BCUT2D eigenvalue weighted by molar-refractivity contribution is 7.91. The first-order valence-corrected chi connectivity index (χ1v) is 10.7. The molecule has 0 spiro atoms. The number of rotatable bonds is 7. The highest BCUT2D eigenvalue weighted by Crippen LogP contribution is 2.33. The van der Waals surface area contributed by atoms with E-state index < -0.39 is 26.8 Å². The van der Waals surface area contributed by atoms with Gasteiger partial charge in [0.2, 0.25) is 0 Å². The Kier molecular flexibility index (Phi) is 6.73. The van der Waals surface area contributed by atoms with E-state index in [9.17, 15) is 21.6 Å². The van der Waals surface area contributed by atoms with Crippen molar-refractivity contribution in [1.29, 1.82) is 0 Å². The van der Waals surface area contributed by atoms with Crippen LogP contribution in [0, 0.1) is 0 Å². The van der Waals surface area contributed by atoms with Crippen molar-refractivity contribution < 1.29 is 21.6 Å². The Labute approximate surface area is 159 Å². The van der Waals surface area contributed by atoms with E-state index in [0.29, 0.717) is 24.8 Å². The SMILES string of the molecule is CCc1cc(CCc2ccc(CS(=O)(=O)C(C)C)cc2)ccc1C(F)(F)F. The minimum absolute atomic E-state index is 0.0176. The maximum absolute atomic E-state index is 13.0. The van der Waals surface area contributed by atoms with Crippen LogP contribution < -0.4 is 0 Å². The van der Waals surface area contributed by atoms with Gasteiger partial charge in [-0.3, -0.25) is 0 Å². The maximum atomic E-state index is 13.0. The van der Waals surface area contributed by atoms with E-state index >= 15 is 0 Å². The Morgan fingerprint density at radius 2 is 1.41 bits per heavy atom. The molecular weight excluding hydrogens is 373 g/mol. The predicted octanol–water partition coefficient (Wildman–Crippen LogP) is 5.38. The molecule has 27 heavy (non-hydrogen) atoms. The van der Waals surface area contributed by atoms with E-state index in [0.717, 1.165) is 22.8 Å². The van der Waals surface area contributed by atoms with E-state index in [2.05, 4.69) is 0 Å². The summed E-state index contributed by atoms with van der Waals surface area (Å²) in [6.07, 6.45) is -2.67. The zero-order chi connectivity index (χ0) is 20.2. The van der Waals surface area contributed by atoms with Crippen LogP contribution in [0.3, 0.4) is 0 Å². The third-order valence-electron chi connectivity index (χ3n) is 4.67. The standard InChI is InChI=1S/C21H25F3O2S/c1-4-19-13-17(11-12-20(19)21(22,23)24)8-5-16-6-9-18(10-7-16)14-27(25,26)15(2)3/h6-7,9-13,15H,4-5,8,14H2,1-3H3. The van der Waals surface area contributed by atoms with Crippen LogP contribution in [0.2, 0.25) is 0 Å². The van der Waals surface area contributed by atoms with Crippen molar-refractivity contribution in [3.05, 3.63) is 70.3 Å². The van der Waals surface area contributed by atoms with Crippen molar-refractivity contribution in [3.63, 3.8) is 0 Å². The van der Waals surface area contributed by atoms with Crippen molar-refractivity contribution in [2.75, 3.05) is 0 Å². The van der Waals surface area contributed by atoms with Gasteiger partial charge in [0.15, 0.2) is 9.84 Å². The average molecular weight is 398 g/mol. The van der Waals surface area contributed by atoms with Gasteiger partial charge in [-0.15, -0.1) is 0 Å². The molecule has 0 saturated carbocycles.